The molecule has 0 amide bonds. The molecule has 3 radical (unpaired) electrons. The van der Waals surface area contributed by atoms with Gasteiger partial charge in [0.2, 0.25) is 0 Å². The molecule has 1 aliphatic rings. The molecule has 3 rings (SSSR count). The van der Waals surface area contributed by atoms with Gasteiger partial charge in [-0.25, -0.2) is 9.37 Å². The monoisotopic (exact) mass is 393 g/mol. The number of benzene rings is 1. The zero-order valence-corrected chi connectivity index (χ0v) is 16.7. The van der Waals surface area contributed by atoms with E-state index in [4.69, 9.17) is 4.74 Å². The Bertz CT molecular complexity index is 594. The van der Waals surface area contributed by atoms with Crippen molar-refractivity contribution in [2.45, 2.75) is 46.8 Å². The van der Waals surface area contributed by atoms with E-state index < -0.39 is 0 Å². The Morgan fingerprint density at radius 3 is 2.52 bits per heavy atom. The Morgan fingerprint density at radius 1 is 1.29 bits per heavy atom. The zero-order valence-electron chi connectivity index (χ0n) is 13.4. The summed E-state index contributed by atoms with van der Waals surface area (Å²) in [7, 11) is 0. The maximum absolute atomic E-state index is 13.6. The Kier molecular flexibility index (Phi) is 6.72. The number of ether oxygens (including phenoxy) is 1. The van der Waals surface area contributed by atoms with Crippen LogP contribution in [0, 0.1) is 11.7 Å². The summed E-state index contributed by atoms with van der Waals surface area (Å²) in [5.41, 5.74) is 1.30. The van der Waals surface area contributed by atoms with Gasteiger partial charge in [-0.1, -0.05) is 26.8 Å². The number of rotatable bonds is 0. The number of imidazole rings is 1. The first-order valence-electron chi connectivity index (χ1n) is 7.19. The first kappa shape index (κ1) is 18.5. The van der Waals surface area contributed by atoms with Gasteiger partial charge < -0.3 is 9.30 Å². The minimum absolute atomic E-state index is 0. The Hall–Kier alpha value is -0.550. The molecule has 0 bridgehead atoms. The molecule has 2 aromatic rings. The number of fused-ring (bicyclic) bond motifs is 3. The van der Waals surface area contributed by atoms with Gasteiger partial charge in [-0.05, 0) is 31.9 Å². The minimum Gasteiger partial charge on any atom is -0.368 e. The van der Waals surface area contributed by atoms with Gasteiger partial charge in [0.05, 0.1) is 18.2 Å². The van der Waals surface area contributed by atoms with Crippen molar-refractivity contribution in [2.24, 2.45) is 5.92 Å². The SMILES string of the molecule is CC(C)C.CC1OCC(C)n2c1nc1c(F)cccc12.[In]. The molecule has 0 spiro atoms. The normalized spacial score (nSPS) is 20.5. The van der Waals surface area contributed by atoms with Crippen LogP contribution in [0.15, 0.2) is 18.2 Å². The van der Waals surface area contributed by atoms with Crippen molar-refractivity contribution in [1.82, 2.24) is 9.55 Å². The van der Waals surface area contributed by atoms with Crippen molar-refractivity contribution >= 4 is 36.9 Å². The summed E-state index contributed by atoms with van der Waals surface area (Å²) < 4.78 is 21.3. The Labute approximate surface area is 144 Å². The molecule has 21 heavy (non-hydrogen) atoms. The standard InChI is InChI=1S/C12H13FN2O.C4H10.In/c1-7-6-16-8(2)12-14-11-9(13)4-3-5-10(11)15(7)12;1-4(2)3;/h3-5,7-8H,6H2,1-2H3;4H,1-3H3;. The smallest absolute Gasteiger partial charge is 0.151 e. The first-order chi connectivity index (χ1) is 9.41. The molecule has 0 fully saturated rings. The minimum atomic E-state index is -0.265. The number of para-hydroxylation sites is 1. The van der Waals surface area contributed by atoms with Gasteiger partial charge in [0.15, 0.2) is 5.82 Å². The molecular weight excluding hydrogens is 370 g/mol. The van der Waals surface area contributed by atoms with Gasteiger partial charge in [0, 0.05) is 25.8 Å². The molecule has 2 heterocycles. The maximum Gasteiger partial charge on any atom is 0.151 e. The zero-order chi connectivity index (χ0) is 14.9. The van der Waals surface area contributed by atoms with E-state index in [1.54, 1.807) is 6.07 Å². The third-order valence-corrected chi connectivity index (χ3v) is 3.09. The molecule has 1 aliphatic heterocycles. The van der Waals surface area contributed by atoms with Gasteiger partial charge in [-0.15, -0.1) is 0 Å². The predicted molar refractivity (Wildman–Crippen MR) is 85.0 cm³/mol. The summed E-state index contributed by atoms with van der Waals surface area (Å²) in [6.07, 6.45) is -0.0667. The fourth-order valence-corrected chi connectivity index (χ4v) is 2.28. The average molecular weight is 393 g/mol. The summed E-state index contributed by atoms with van der Waals surface area (Å²) in [5.74, 6) is 1.39. The number of halogens is 1. The second-order valence-corrected chi connectivity index (χ2v) is 6.00. The third-order valence-electron chi connectivity index (χ3n) is 3.09. The van der Waals surface area contributed by atoms with Crippen LogP contribution in [0.5, 0.6) is 0 Å². The van der Waals surface area contributed by atoms with E-state index in [2.05, 4.69) is 37.2 Å². The van der Waals surface area contributed by atoms with Crippen LogP contribution < -0.4 is 0 Å². The van der Waals surface area contributed by atoms with E-state index in [1.807, 2.05) is 13.0 Å². The quantitative estimate of drug-likeness (QED) is 0.674. The van der Waals surface area contributed by atoms with E-state index >= 15 is 0 Å². The molecule has 0 saturated heterocycles. The molecule has 5 heteroatoms. The van der Waals surface area contributed by atoms with Crippen LogP contribution in [0.2, 0.25) is 0 Å². The fourth-order valence-electron chi connectivity index (χ4n) is 2.28. The topological polar surface area (TPSA) is 27.1 Å². The van der Waals surface area contributed by atoms with Crippen molar-refractivity contribution in [3.05, 3.63) is 29.8 Å². The maximum atomic E-state index is 13.6. The number of aromatic nitrogens is 2. The number of hydrogen-bond donors (Lipinski definition) is 0. The van der Waals surface area contributed by atoms with E-state index in [0.29, 0.717) is 12.1 Å². The summed E-state index contributed by atoms with van der Waals surface area (Å²) in [6, 6.07) is 5.28. The van der Waals surface area contributed by atoms with Gasteiger partial charge in [0.1, 0.15) is 17.4 Å². The molecule has 1 aromatic heterocycles. The molecule has 2 atom stereocenters. The van der Waals surface area contributed by atoms with Gasteiger partial charge in [0.25, 0.3) is 0 Å². The summed E-state index contributed by atoms with van der Waals surface area (Å²) >= 11 is 0. The van der Waals surface area contributed by atoms with Crippen LogP contribution in [-0.4, -0.2) is 42.0 Å². The van der Waals surface area contributed by atoms with Gasteiger partial charge in [-0.3, -0.25) is 0 Å². The van der Waals surface area contributed by atoms with Crippen LogP contribution in [0.1, 0.15) is 52.6 Å². The average Bonchev–Trinajstić information content (AvgIpc) is 2.75. The van der Waals surface area contributed by atoms with Crippen LogP contribution in [0.4, 0.5) is 4.39 Å². The predicted octanol–water partition coefficient (Wildman–Crippen LogP) is 4.11. The second-order valence-electron chi connectivity index (χ2n) is 6.00. The Morgan fingerprint density at radius 2 is 1.90 bits per heavy atom. The third kappa shape index (κ3) is 4.01. The molecule has 0 saturated carbocycles. The molecule has 3 nitrogen and oxygen atoms in total. The Balaban J connectivity index is 0.000000397. The summed E-state index contributed by atoms with van der Waals surface area (Å²) in [5, 5.41) is 0. The molecule has 113 valence electrons. The molecule has 0 aliphatic carbocycles. The molecule has 2 unspecified atom stereocenters. The van der Waals surface area contributed by atoms with Gasteiger partial charge in [-0.2, -0.15) is 0 Å². The first-order valence-corrected chi connectivity index (χ1v) is 7.19. The van der Waals surface area contributed by atoms with Crippen molar-refractivity contribution in [3.8, 4) is 0 Å². The van der Waals surface area contributed by atoms with E-state index in [1.165, 1.54) is 6.07 Å². The van der Waals surface area contributed by atoms with Crippen LogP contribution >= 0.6 is 0 Å². The van der Waals surface area contributed by atoms with Crippen LogP contribution in [-0.2, 0) is 4.74 Å². The van der Waals surface area contributed by atoms with Crippen molar-refractivity contribution in [2.75, 3.05) is 6.61 Å². The molecular formula is C16H23FInN2O. The summed E-state index contributed by atoms with van der Waals surface area (Å²) in [6.45, 7) is 11.2. The van der Waals surface area contributed by atoms with E-state index in [9.17, 15) is 4.39 Å². The van der Waals surface area contributed by atoms with Gasteiger partial charge >= 0.3 is 0 Å². The van der Waals surface area contributed by atoms with E-state index in [-0.39, 0.29) is 43.8 Å². The van der Waals surface area contributed by atoms with Crippen molar-refractivity contribution < 1.29 is 9.13 Å². The molecule has 0 N–H and O–H groups in total. The van der Waals surface area contributed by atoms with Crippen LogP contribution in [0.25, 0.3) is 11.0 Å². The van der Waals surface area contributed by atoms with E-state index in [0.717, 1.165) is 17.3 Å². The molecule has 1 aromatic carbocycles. The summed E-state index contributed by atoms with van der Waals surface area (Å²) in [4.78, 5) is 4.35. The number of nitrogens with zero attached hydrogens (tertiary/aromatic N) is 2. The largest absolute Gasteiger partial charge is 0.368 e. The van der Waals surface area contributed by atoms with Crippen LogP contribution in [0.3, 0.4) is 0 Å². The van der Waals surface area contributed by atoms with Crippen molar-refractivity contribution in [1.29, 1.82) is 0 Å². The fraction of sp³-hybridized carbons (Fsp3) is 0.562. The second kappa shape index (κ2) is 7.63. The van der Waals surface area contributed by atoms with Crippen molar-refractivity contribution in [3.63, 3.8) is 0 Å². The number of hydrogen-bond acceptors (Lipinski definition) is 2.